The minimum absolute atomic E-state index is 0.0198. The number of urea groups is 1. The smallest absolute Gasteiger partial charge is 0.320 e. The fourth-order valence-corrected chi connectivity index (χ4v) is 3.86. The van der Waals surface area contributed by atoms with Crippen LogP contribution in [-0.4, -0.2) is 47.9 Å². The van der Waals surface area contributed by atoms with E-state index in [0.29, 0.717) is 11.6 Å². The van der Waals surface area contributed by atoms with Gasteiger partial charge in [0.05, 0.1) is 12.0 Å². The van der Waals surface area contributed by atoms with Crippen molar-refractivity contribution in [1.82, 2.24) is 15.1 Å². The summed E-state index contributed by atoms with van der Waals surface area (Å²) in [6, 6.07) is 7.53. The Labute approximate surface area is 154 Å². The Bertz CT molecular complexity index is 631. The molecule has 0 spiro atoms. The van der Waals surface area contributed by atoms with E-state index in [1.807, 2.05) is 41.0 Å². The van der Waals surface area contributed by atoms with Gasteiger partial charge in [-0.2, -0.15) is 0 Å². The molecule has 1 N–H and O–H groups in total. The van der Waals surface area contributed by atoms with Crippen molar-refractivity contribution < 1.29 is 9.59 Å². The van der Waals surface area contributed by atoms with Crippen LogP contribution < -0.4 is 5.32 Å². The van der Waals surface area contributed by atoms with Gasteiger partial charge in [-0.05, 0) is 50.3 Å². The van der Waals surface area contributed by atoms with Crippen molar-refractivity contribution in [3.63, 3.8) is 0 Å². The van der Waals surface area contributed by atoms with E-state index >= 15 is 0 Å². The van der Waals surface area contributed by atoms with Crippen LogP contribution in [0.15, 0.2) is 24.3 Å². The zero-order valence-corrected chi connectivity index (χ0v) is 15.5. The van der Waals surface area contributed by atoms with Gasteiger partial charge in [-0.25, -0.2) is 4.79 Å². The molecule has 0 aliphatic carbocycles. The molecule has 2 saturated heterocycles. The van der Waals surface area contributed by atoms with Gasteiger partial charge < -0.3 is 15.1 Å². The number of hydrogen-bond acceptors (Lipinski definition) is 2. The summed E-state index contributed by atoms with van der Waals surface area (Å²) in [4.78, 5) is 29.0. The predicted octanol–water partition coefficient (Wildman–Crippen LogP) is 3.45. The molecule has 0 unspecified atom stereocenters. The van der Waals surface area contributed by atoms with Crippen molar-refractivity contribution in [1.29, 1.82) is 0 Å². The van der Waals surface area contributed by atoms with Crippen molar-refractivity contribution in [2.45, 2.75) is 38.6 Å². The molecule has 6 heteroatoms. The molecule has 136 valence electrons. The first-order valence-corrected chi connectivity index (χ1v) is 9.52. The molecule has 2 atom stereocenters. The summed E-state index contributed by atoms with van der Waals surface area (Å²) in [7, 11) is 0. The molecule has 3 amide bonds. The monoisotopic (exact) mass is 363 g/mol. The first-order chi connectivity index (χ1) is 12.0. The fraction of sp³-hybridized carbons (Fsp3) is 0.579. The lowest BCUT2D eigenvalue weighted by molar-refractivity contribution is -0.127. The first-order valence-electron chi connectivity index (χ1n) is 9.14. The Kier molecular flexibility index (Phi) is 5.84. The lowest BCUT2D eigenvalue weighted by Crippen LogP contribution is -2.49. The number of piperidine rings is 1. The van der Waals surface area contributed by atoms with E-state index in [1.165, 1.54) is 0 Å². The highest BCUT2D eigenvalue weighted by molar-refractivity contribution is 6.30. The van der Waals surface area contributed by atoms with Crippen LogP contribution in [0.25, 0.3) is 0 Å². The summed E-state index contributed by atoms with van der Waals surface area (Å²) in [6.07, 6.45) is 3.88. The van der Waals surface area contributed by atoms with Crippen LogP contribution in [0.4, 0.5) is 4.79 Å². The second-order valence-electron chi connectivity index (χ2n) is 7.05. The molecule has 1 aromatic carbocycles. The van der Waals surface area contributed by atoms with Crippen LogP contribution in [0.2, 0.25) is 5.02 Å². The van der Waals surface area contributed by atoms with Gasteiger partial charge in [0.25, 0.3) is 0 Å². The highest BCUT2D eigenvalue weighted by Gasteiger charge is 2.31. The number of carbonyl (C=O) groups is 2. The second kappa shape index (κ2) is 8.09. The minimum Gasteiger partial charge on any atom is -0.349 e. The Balaban J connectivity index is 1.57. The third-order valence-corrected chi connectivity index (χ3v) is 5.38. The van der Waals surface area contributed by atoms with E-state index in [9.17, 15) is 9.59 Å². The zero-order valence-electron chi connectivity index (χ0n) is 14.7. The van der Waals surface area contributed by atoms with Gasteiger partial charge >= 0.3 is 6.03 Å². The molecule has 2 aliphatic rings. The summed E-state index contributed by atoms with van der Waals surface area (Å²) < 4.78 is 0. The molecule has 2 fully saturated rings. The minimum atomic E-state index is -0.137. The molecule has 25 heavy (non-hydrogen) atoms. The van der Waals surface area contributed by atoms with Gasteiger partial charge in [-0.15, -0.1) is 0 Å². The largest absolute Gasteiger partial charge is 0.349 e. The van der Waals surface area contributed by atoms with E-state index in [0.717, 1.165) is 50.9 Å². The Morgan fingerprint density at radius 3 is 2.60 bits per heavy atom. The molecule has 2 aliphatic heterocycles. The van der Waals surface area contributed by atoms with Crippen LogP contribution in [-0.2, 0) is 4.79 Å². The van der Waals surface area contributed by atoms with Gasteiger partial charge in [0, 0.05) is 31.2 Å². The highest BCUT2D eigenvalue weighted by Crippen LogP contribution is 2.22. The second-order valence-corrected chi connectivity index (χ2v) is 7.48. The van der Waals surface area contributed by atoms with Gasteiger partial charge in [0.1, 0.15) is 0 Å². The van der Waals surface area contributed by atoms with Crippen molar-refractivity contribution in [3.8, 4) is 0 Å². The third kappa shape index (κ3) is 4.46. The average molecular weight is 364 g/mol. The number of hydrogen-bond donors (Lipinski definition) is 1. The number of carbonyl (C=O) groups excluding carboxylic acids is 2. The first kappa shape index (κ1) is 18.1. The van der Waals surface area contributed by atoms with Crippen LogP contribution in [0.3, 0.4) is 0 Å². The van der Waals surface area contributed by atoms with Gasteiger partial charge in [0.2, 0.25) is 5.91 Å². The topological polar surface area (TPSA) is 52.7 Å². The number of rotatable bonds is 3. The number of benzene rings is 1. The molecule has 0 aromatic heterocycles. The predicted molar refractivity (Wildman–Crippen MR) is 98.5 cm³/mol. The Morgan fingerprint density at radius 1 is 1.16 bits per heavy atom. The summed E-state index contributed by atoms with van der Waals surface area (Å²) in [5.74, 6) is -0.117. The molecule has 2 heterocycles. The van der Waals surface area contributed by atoms with E-state index in [4.69, 9.17) is 11.6 Å². The molecular formula is C19H26ClN3O2. The van der Waals surface area contributed by atoms with E-state index in [2.05, 4.69) is 5.32 Å². The zero-order chi connectivity index (χ0) is 17.8. The van der Waals surface area contributed by atoms with Crippen molar-refractivity contribution in [2.75, 3.05) is 26.2 Å². The lowest BCUT2D eigenvalue weighted by Gasteiger charge is -2.35. The lowest BCUT2D eigenvalue weighted by atomic mass is 9.96. The maximum absolute atomic E-state index is 12.7. The van der Waals surface area contributed by atoms with Crippen molar-refractivity contribution >= 4 is 23.5 Å². The standard InChI is InChI=1S/C19H26ClN3O2/c1-14(15-6-4-8-17(20)12-15)21-18(24)16-7-5-11-23(13-16)19(25)22-9-2-3-10-22/h4,6,8,12,14,16H,2-3,5,7,9-11,13H2,1H3,(H,21,24)/t14-,16+/m1/s1. The van der Waals surface area contributed by atoms with Crippen molar-refractivity contribution in [2.24, 2.45) is 5.92 Å². The summed E-state index contributed by atoms with van der Waals surface area (Å²) in [5.41, 5.74) is 0.988. The number of likely N-dealkylation sites (tertiary alicyclic amines) is 2. The Morgan fingerprint density at radius 2 is 1.88 bits per heavy atom. The van der Waals surface area contributed by atoms with Crippen LogP contribution >= 0.6 is 11.6 Å². The highest BCUT2D eigenvalue weighted by atomic mass is 35.5. The molecular weight excluding hydrogens is 338 g/mol. The molecule has 5 nitrogen and oxygen atoms in total. The summed E-state index contributed by atoms with van der Waals surface area (Å²) in [5, 5.41) is 3.74. The quantitative estimate of drug-likeness (QED) is 0.894. The van der Waals surface area contributed by atoms with Gasteiger partial charge in [0.15, 0.2) is 0 Å². The van der Waals surface area contributed by atoms with Crippen LogP contribution in [0.5, 0.6) is 0 Å². The Hall–Kier alpha value is -1.75. The molecule has 0 radical (unpaired) electrons. The molecule has 0 saturated carbocycles. The van der Waals surface area contributed by atoms with E-state index in [1.54, 1.807) is 0 Å². The average Bonchev–Trinajstić information content (AvgIpc) is 3.15. The molecule has 1 aromatic rings. The van der Waals surface area contributed by atoms with Crippen LogP contribution in [0, 0.1) is 5.92 Å². The maximum atomic E-state index is 12.7. The number of amides is 3. The number of halogens is 1. The maximum Gasteiger partial charge on any atom is 0.320 e. The van der Waals surface area contributed by atoms with Crippen molar-refractivity contribution in [3.05, 3.63) is 34.9 Å². The number of nitrogens with zero attached hydrogens (tertiary/aromatic N) is 2. The van der Waals surface area contributed by atoms with E-state index in [-0.39, 0.29) is 23.9 Å². The normalized spacial score (nSPS) is 21.9. The van der Waals surface area contributed by atoms with Crippen LogP contribution in [0.1, 0.15) is 44.2 Å². The fourth-order valence-electron chi connectivity index (χ4n) is 3.66. The SMILES string of the molecule is C[C@@H](NC(=O)[C@H]1CCCN(C(=O)N2CCCC2)C1)c1cccc(Cl)c1. The van der Waals surface area contributed by atoms with E-state index < -0.39 is 0 Å². The molecule has 0 bridgehead atoms. The molecule has 3 rings (SSSR count). The summed E-state index contributed by atoms with van der Waals surface area (Å²) in [6.45, 7) is 4.92. The van der Waals surface area contributed by atoms with Gasteiger partial charge in [-0.3, -0.25) is 4.79 Å². The number of nitrogens with one attached hydrogen (secondary N) is 1. The van der Waals surface area contributed by atoms with Gasteiger partial charge in [-0.1, -0.05) is 23.7 Å². The summed E-state index contributed by atoms with van der Waals surface area (Å²) >= 11 is 6.03. The third-order valence-electron chi connectivity index (χ3n) is 5.15.